The van der Waals surface area contributed by atoms with E-state index in [0.29, 0.717) is 5.56 Å². The highest BCUT2D eigenvalue weighted by Gasteiger charge is 2.36. The van der Waals surface area contributed by atoms with Crippen LogP contribution in [0.25, 0.3) is 0 Å². The van der Waals surface area contributed by atoms with Crippen LogP contribution in [0.1, 0.15) is 51.6 Å². The molecule has 1 fully saturated rings. The summed E-state index contributed by atoms with van der Waals surface area (Å²) in [5.41, 5.74) is 1.09. The van der Waals surface area contributed by atoms with Crippen molar-refractivity contribution in [1.82, 2.24) is 0 Å². The molecule has 2 aliphatic rings. The molecule has 0 aromatic heterocycles. The summed E-state index contributed by atoms with van der Waals surface area (Å²) in [6.45, 7) is 1.27. The number of amides is 2. The van der Waals surface area contributed by atoms with E-state index in [1.54, 1.807) is 24.3 Å². The Morgan fingerprint density at radius 3 is 2.22 bits per heavy atom. The molecule has 0 atom stereocenters. The highest BCUT2D eigenvalue weighted by molar-refractivity contribution is 6.39. The largest absolute Gasteiger partial charge is 0.323 e. The Morgan fingerprint density at radius 1 is 1.00 bits per heavy atom. The van der Waals surface area contributed by atoms with E-state index in [-0.39, 0.29) is 51.5 Å². The zero-order valence-corrected chi connectivity index (χ0v) is 15.2. The number of ketones is 2. The molecule has 0 heterocycles. The van der Waals surface area contributed by atoms with Crippen LogP contribution < -0.4 is 9.74 Å². The SMILES string of the molecule is CC(=O)N(Cl)c1ccc2c(c1NC(=O)C1CC1)C(=O)c1ccccc1C2=O. The average Bonchev–Trinajstić information content (AvgIpc) is 3.50. The van der Waals surface area contributed by atoms with E-state index in [2.05, 4.69) is 5.32 Å². The number of nitrogens with zero attached hydrogens (tertiary/aromatic N) is 1. The maximum absolute atomic E-state index is 13.1. The third kappa shape index (κ3) is 2.82. The van der Waals surface area contributed by atoms with Crippen LogP contribution in [0.4, 0.5) is 11.4 Å². The molecule has 0 bridgehead atoms. The quantitative estimate of drug-likeness (QED) is 0.704. The zero-order valence-electron chi connectivity index (χ0n) is 14.4. The summed E-state index contributed by atoms with van der Waals surface area (Å²) < 4.78 is 0.834. The lowest BCUT2D eigenvalue weighted by atomic mass is 9.82. The highest BCUT2D eigenvalue weighted by atomic mass is 35.5. The molecule has 0 saturated heterocycles. The second-order valence-corrected chi connectivity index (χ2v) is 6.99. The normalized spacial score (nSPS) is 15.0. The van der Waals surface area contributed by atoms with Crippen molar-refractivity contribution in [1.29, 1.82) is 0 Å². The van der Waals surface area contributed by atoms with Gasteiger partial charge in [0.25, 0.3) is 0 Å². The molecular formula is C20H15ClN2O4. The molecule has 0 aliphatic heterocycles. The first-order valence-corrected chi connectivity index (χ1v) is 8.86. The van der Waals surface area contributed by atoms with Crippen molar-refractivity contribution in [2.45, 2.75) is 19.8 Å². The second kappa shape index (κ2) is 6.32. The van der Waals surface area contributed by atoms with E-state index < -0.39 is 5.91 Å². The number of halogens is 1. The first-order valence-electron chi connectivity index (χ1n) is 8.53. The van der Waals surface area contributed by atoms with Crippen LogP contribution in [0.3, 0.4) is 0 Å². The molecular weight excluding hydrogens is 368 g/mol. The van der Waals surface area contributed by atoms with E-state index in [1.165, 1.54) is 19.1 Å². The second-order valence-electron chi connectivity index (χ2n) is 6.65. The first kappa shape index (κ1) is 17.4. The standard InChI is InChI=1S/C20H15ClN2O4/c1-10(24)23(21)15-9-8-14-16(17(15)22-20(27)11-6-7-11)19(26)13-5-3-2-4-12(13)18(14)25/h2-5,8-9,11H,6-7H2,1H3,(H,22,27). The Morgan fingerprint density at radius 2 is 1.63 bits per heavy atom. The van der Waals surface area contributed by atoms with Gasteiger partial charge in [0.1, 0.15) is 0 Å². The number of hydrogen-bond donors (Lipinski definition) is 1. The van der Waals surface area contributed by atoms with Gasteiger partial charge >= 0.3 is 0 Å². The molecule has 27 heavy (non-hydrogen) atoms. The van der Waals surface area contributed by atoms with Gasteiger partial charge in [-0.2, -0.15) is 0 Å². The third-order valence-corrected chi connectivity index (χ3v) is 5.18. The maximum Gasteiger partial charge on any atom is 0.238 e. The first-order chi connectivity index (χ1) is 12.9. The van der Waals surface area contributed by atoms with E-state index >= 15 is 0 Å². The fraction of sp³-hybridized carbons (Fsp3) is 0.200. The van der Waals surface area contributed by atoms with Crippen molar-refractivity contribution in [2.24, 2.45) is 5.92 Å². The van der Waals surface area contributed by atoms with Crippen molar-refractivity contribution in [2.75, 3.05) is 9.74 Å². The summed E-state index contributed by atoms with van der Waals surface area (Å²) in [6.07, 6.45) is 1.53. The van der Waals surface area contributed by atoms with Crippen LogP contribution >= 0.6 is 11.8 Å². The van der Waals surface area contributed by atoms with Gasteiger partial charge in [-0.3, -0.25) is 19.2 Å². The van der Waals surface area contributed by atoms with Gasteiger partial charge in [0.15, 0.2) is 11.6 Å². The van der Waals surface area contributed by atoms with E-state index in [1.807, 2.05) is 0 Å². The molecule has 2 aromatic carbocycles. The van der Waals surface area contributed by atoms with Gasteiger partial charge in [0.05, 0.1) is 16.9 Å². The van der Waals surface area contributed by atoms with Gasteiger partial charge in [-0.25, -0.2) is 4.42 Å². The van der Waals surface area contributed by atoms with Gasteiger partial charge in [-0.05, 0) is 25.0 Å². The van der Waals surface area contributed by atoms with Crippen molar-refractivity contribution >= 4 is 46.5 Å². The molecule has 7 heteroatoms. The van der Waals surface area contributed by atoms with Gasteiger partial charge in [-0.15, -0.1) is 0 Å². The highest BCUT2D eigenvalue weighted by Crippen LogP contribution is 2.40. The number of rotatable bonds is 3. The van der Waals surface area contributed by atoms with Gasteiger partial charge in [-0.1, -0.05) is 24.3 Å². The topological polar surface area (TPSA) is 83.6 Å². The fourth-order valence-electron chi connectivity index (χ4n) is 3.21. The van der Waals surface area contributed by atoms with Crippen molar-refractivity contribution in [3.8, 4) is 0 Å². The summed E-state index contributed by atoms with van der Waals surface area (Å²) in [5.74, 6) is -1.55. The molecule has 0 spiro atoms. The van der Waals surface area contributed by atoms with Crippen molar-refractivity contribution in [3.05, 3.63) is 58.7 Å². The lowest BCUT2D eigenvalue weighted by Gasteiger charge is -2.24. The van der Waals surface area contributed by atoms with Crippen LogP contribution in [0, 0.1) is 5.92 Å². The Labute approximate surface area is 160 Å². The van der Waals surface area contributed by atoms with Crippen LogP contribution in [-0.4, -0.2) is 23.4 Å². The molecule has 1 saturated carbocycles. The van der Waals surface area contributed by atoms with Crippen LogP contribution in [-0.2, 0) is 9.59 Å². The van der Waals surface area contributed by atoms with Crippen LogP contribution in [0.2, 0.25) is 0 Å². The van der Waals surface area contributed by atoms with Gasteiger partial charge in [0.2, 0.25) is 11.8 Å². The Balaban J connectivity index is 1.93. The molecule has 6 nitrogen and oxygen atoms in total. The predicted octanol–water partition coefficient (Wildman–Crippen LogP) is 3.32. The monoisotopic (exact) mass is 382 g/mol. The lowest BCUT2D eigenvalue weighted by molar-refractivity contribution is -0.117. The van der Waals surface area contributed by atoms with Crippen molar-refractivity contribution in [3.63, 3.8) is 0 Å². The summed E-state index contributed by atoms with van der Waals surface area (Å²) >= 11 is 6.09. The molecule has 0 radical (unpaired) electrons. The minimum Gasteiger partial charge on any atom is -0.323 e. The minimum atomic E-state index is -0.478. The summed E-state index contributed by atoms with van der Waals surface area (Å²) in [5, 5.41) is 2.73. The molecule has 1 N–H and O–H groups in total. The Hall–Kier alpha value is -2.99. The molecule has 2 aliphatic carbocycles. The smallest absolute Gasteiger partial charge is 0.238 e. The molecule has 4 rings (SSSR count). The predicted molar refractivity (Wildman–Crippen MR) is 100 cm³/mol. The minimum absolute atomic E-state index is 0.0668. The number of anilines is 2. The molecule has 136 valence electrons. The number of benzene rings is 2. The molecule has 2 aromatic rings. The van der Waals surface area contributed by atoms with E-state index in [0.717, 1.165) is 17.3 Å². The molecule has 2 amide bonds. The number of hydrogen-bond acceptors (Lipinski definition) is 4. The maximum atomic E-state index is 13.1. The summed E-state index contributed by atoms with van der Waals surface area (Å²) in [6, 6.07) is 9.46. The number of carbonyl (C=O) groups is 4. The zero-order chi connectivity index (χ0) is 19.3. The number of nitrogens with one attached hydrogen (secondary N) is 1. The summed E-state index contributed by atoms with van der Waals surface area (Å²) in [7, 11) is 0. The van der Waals surface area contributed by atoms with Crippen LogP contribution in [0.5, 0.6) is 0 Å². The molecule has 0 unspecified atom stereocenters. The summed E-state index contributed by atoms with van der Waals surface area (Å²) in [4.78, 5) is 50.2. The third-order valence-electron chi connectivity index (χ3n) is 4.76. The lowest BCUT2D eigenvalue weighted by Crippen LogP contribution is -2.27. The Bertz CT molecular complexity index is 1030. The number of fused-ring (bicyclic) bond motifs is 2. The fourth-order valence-corrected chi connectivity index (χ4v) is 3.35. The average molecular weight is 383 g/mol. The van der Waals surface area contributed by atoms with Gasteiger partial charge < -0.3 is 5.32 Å². The number of carbonyl (C=O) groups excluding carboxylic acids is 4. The van der Waals surface area contributed by atoms with Crippen LogP contribution in [0.15, 0.2) is 36.4 Å². The van der Waals surface area contributed by atoms with E-state index in [4.69, 9.17) is 11.8 Å². The van der Waals surface area contributed by atoms with Gasteiger partial charge in [0, 0.05) is 41.3 Å². The Kier molecular flexibility index (Phi) is 4.08. The van der Waals surface area contributed by atoms with E-state index in [9.17, 15) is 19.2 Å². The van der Waals surface area contributed by atoms with Crippen molar-refractivity contribution < 1.29 is 19.2 Å².